The Kier molecular flexibility index (Phi) is 4.85. The Morgan fingerprint density at radius 2 is 1.71 bits per heavy atom. The lowest BCUT2D eigenvalue weighted by Crippen LogP contribution is -2.29. The van der Waals surface area contributed by atoms with Crippen LogP contribution in [-0.2, 0) is 11.2 Å². The van der Waals surface area contributed by atoms with Crippen LogP contribution in [0.1, 0.15) is 40.1 Å². The number of carbonyl (C=O) groups is 3. The van der Waals surface area contributed by atoms with Gasteiger partial charge in [0.2, 0.25) is 0 Å². The normalized spacial score (nSPS) is 13.2. The van der Waals surface area contributed by atoms with Crippen LogP contribution in [0.2, 0.25) is 0 Å². The molecular formula is C23H18FNO6. The quantitative estimate of drug-likeness (QED) is 0.603. The number of phenols is 1. The smallest absolute Gasteiger partial charge is 0.307 e. The first-order valence-corrected chi connectivity index (χ1v) is 9.54. The van der Waals surface area contributed by atoms with Gasteiger partial charge in [-0.25, -0.2) is 9.29 Å². The first kappa shape index (κ1) is 20.3. The summed E-state index contributed by atoms with van der Waals surface area (Å²) < 4.78 is 20.3. The van der Waals surface area contributed by atoms with Crippen LogP contribution >= 0.6 is 0 Å². The van der Waals surface area contributed by atoms with E-state index in [2.05, 4.69) is 0 Å². The molecule has 0 saturated carbocycles. The van der Waals surface area contributed by atoms with Gasteiger partial charge < -0.3 is 14.9 Å². The third kappa shape index (κ3) is 3.26. The van der Waals surface area contributed by atoms with E-state index < -0.39 is 30.0 Å². The number of fused-ring (bicyclic) bond motifs is 2. The van der Waals surface area contributed by atoms with Crippen molar-refractivity contribution in [1.29, 1.82) is 0 Å². The minimum Gasteiger partial charge on any atom is -0.506 e. The van der Waals surface area contributed by atoms with Gasteiger partial charge in [0.1, 0.15) is 17.3 Å². The van der Waals surface area contributed by atoms with Crippen LogP contribution < -0.4 is 9.64 Å². The van der Waals surface area contributed by atoms with Gasteiger partial charge in [-0.05, 0) is 31.5 Å². The SMILES string of the molecule is CC(C)Oc1c2c(c(O)c3ccccc13)C(=O)N(c1ccc(CC(=O)O)c(F)c1)C2=O. The Hall–Kier alpha value is -3.94. The molecule has 0 aromatic heterocycles. The summed E-state index contributed by atoms with van der Waals surface area (Å²) in [6.07, 6.45) is -0.853. The molecule has 1 aliphatic heterocycles. The zero-order valence-corrected chi connectivity index (χ0v) is 16.7. The third-order valence-electron chi connectivity index (χ3n) is 4.96. The Morgan fingerprint density at radius 1 is 1.06 bits per heavy atom. The standard InChI is InChI=1S/C23H18FNO6/c1-11(2)31-21-15-6-4-3-5-14(15)20(28)18-19(21)23(30)25(22(18)29)13-8-7-12(9-17(26)27)16(24)10-13/h3-8,10-11,28H,9H2,1-2H3,(H,26,27). The van der Waals surface area contributed by atoms with Gasteiger partial charge in [0.25, 0.3) is 11.8 Å². The minimum absolute atomic E-state index is 0.0724. The van der Waals surface area contributed by atoms with E-state index in [-0.39, 0.29) is 40.0 Å². The van der Waals surface area contributed by atoms with Gasteiger partial charge in [-0.3, -0.25) is 14.4 Å². The fraction of sp³-hybridized carbons (Fsp3) is 0.174. The molecule has 0 saturated heterocycles. The largest absolute Gasteiger partial charge is 0.506 e. The molecule has 158 valence electrons. The maximum atomic E-state index is 14.4. The Morgan fingerprint density at radius 3 is 2.32 bits per heavy atom. The molecule has 1 aliphatic rings. The molecule has 0 radical (unpaired) electrons. The highest BCUT2D eigenvalue weighted by Crippen LogP contribution is 2.45. The van der Waals surface area contributed by atoms with E-state index in [1.807, 2.05) is 0 Å². The van der Waals surface area contributed by atoms with Gasteiger partial charge in [-0.2, -0.15) is 0 Å². The summed E-state index contributed by atoms with van der Waals surface area (Å²) >= 11 is 0. The lowest BCUT2D eigenvalue weighted by Gasteiger charge is -2.17. The molecule has 1 heterocycles. The number of carbonyl (C=O) groups excluding carboxylic acids is 2. The average Bonchev–Trinajstić information content (AvgIpc) is 2.97. The van der Waals surface area contributed by atoms with Crippen molar-refractivity contribution >= 4 is 34.2 Å². The van der Waals surface area contributed by atoms with Crippen LogP contribution in [0.4, 0.5) is 10.1 Å². The number of aromatic hydroxyl groups is 1. The van der Waals surface area contributed by atoms with Gasteiger partial charge in [0.15, 0.2) is 0 Å². The zero-order valence-electron chi connectivity index (χ0n) is 16.7. The van der Waals surface area contributed by atoms with Crippen LogP contribution in [-0.4, -0.2) is 34.1 Å². The van der Waals surface area contributed by atoms with Crippen molar-refractivity contribution in [3.8, 4) is 11.5 Å². The van der Waals surface area contributed by atoms with Gasteiger partial charge in [0.05, 0.1) is 29.3 Å². The van der Waals surface area contributed by atoms with E-state index in [1.54, 1.807) is 38.1 Å². The predicted molar refractivity (Wildman–Crippen MR) is 110 cm³/mol. The number of rotatable bonds is 5. The Balaban J connectivity index is 1.90. The summed E-state index contributed by atoms with van der Waals surface area (Å²) in [6, 6.07) is 10.1. The van der Waals surface area contributed by atoms with Crippen molar-refractivity contribution in [2.75, 3.05) is 4.90 Å². The summed E-state index contributed by atoms with van der Waals surface area (Å²) in [5, 5.41) is 20.5. The summed E-state index contributed by atoms with van der Waals surface area (Å²) in [5.41, 5.74) is -0.457. The van der Waals surface area contributed by atoms with Crippen LogP contribution in [0.25, 0.3) is 10.8 Å². The number of imide groups is 1. The number of carboxylic acid groups (broad SMARTS) is 1. The number of ether oxygens (including phenoxy) is 1. The predicted octanol–water partition coefficient (Wildman–Crippen LogP) is 3.90. The second-order valence-electron chi connectivity index (χ2n) is 7.43. The molecule has 0 bridgehead atoms. The molecule has 0 fully saturated rings. The number of hydrogen-bond donors (Lipinski definition) is 2. The number of nitrogens with zero attached hydrogens (tertiary/aromatic N) is 1. The molecule has 3 aromatic carbocycles. The second-order valence-corrected chi connectivity index (χ2v) is 7.43. The monoisotopic (exact) mass is 423 g/mol. The number of carboxylic acids is 1. The molecular weight excluding hydrogens is 405 g/mol. The highest BCUT2D eigenvalue weighted by Gasteiger charge is 2.43. The number of hydrogen-bond acceptors (Lipinski definition) is 5. The van der Waals surface area contributed by atoms with Gasteiger partial charge in [-0.1, -0.05) is 30.3 Å². The average molecular weight is 423 g/mol. The maximum Gasteiger partial charge on any atom is 0.307 e. The van der Waals surface area contributed by atoms with E-state index in [1.165, 1.54) is 12.1 Å². The van der Waals surface area contributed by atoms with Crippen LogP contribution in [0.5, 0.6) is 11.5 Å². The topological polar surface area (TPSA) is 104 Å². The lowest BCUT2D eigenvalue weighted by molar-refractivity contribution is -0.136. The van der Waals surface area contributed by atoms with E-state index in [0.717, 1.165) is 11.0 Å². The van der Waals surface area contributed by atoms with Crippen molar-refractivity contribution in [1.82, 2.24) is 0 Å². The van der Waals surface area contributed by atoms with E-state index in [9.17, 15) is 23.9 Å². The highest BCUT2D eigenvalue weighted by atomic mass is 19.1. The van der Waals surface area contributed by atoms with Crippen molar-refractivity contribution in [3.63, 3.8) is 0 Å². The molecule has 7 nitrogen and oxygen atoms in total. The summed E-state index contributed by atoms with van der Waals surface area (Å²) in [5.74, 6) is -3.83. The van der Waals surface area contributed by atoms with Gasteiger partial charge in [-0.15, -0.1) is 0 Å². The lowest BCUT2D eigenvalue weighted by atomic mass is 9.99. The van der Waals surface area contributed by atoms with Crippen molar-refractivity contribution in [2.45, 2.75) is 26.4 Å². The van der Waals surface area contributed by atoms with Crippen LogP contribution in [0.3, 0.4) is 0 Å². The Bertz CT molecular complexity index is 1270. The third-order valence-corrected chi connectivity index (χ3v) is 4.96. The number of phenolic OH excluding ortho intramolecular Hbond substituents is 1. The number of amides is 2. The molecule has 8 heteroatoms. The van der Waals surface area contributed by atoms with E-state index in [0.29, 0.717) is 10.8 Å². The summed E-state index contributed by atoms with van der Waals surface area (Å²) in [4.78, 5) is 38.1. The highest BCUT2D eigenvalue weighted by molar-refractivity contribution is 6.38. The molecule has 3 aromatic rings. The van der Waals surface area contributed by atoms with E-state index >= 15 is 0 Å². The fourth-order valence-corrected chi connectivity index (χ4v) is 3.69. The maximum absolute atomic E-state index is 14.4. The number of aliphatic carboxylic acids is 1. The minimum atomic E-state index is -1.21. The zero-order chi connectivity index (χ0) is 22.4. The molecule has 31 heavy (non-hydrogen) atoms. The molecule has 0 aliphatic carbocycles. The number of anilines is 1. The summed E-state index contributed by atoms with van der Waals surface area (Å²) in [6.45, 7) is 3.53. The fourth-order valence-electron chi connectivity index (χ4n) is 3.69. The van der Waals surface area contributed by atoms with Crippen LogP contribution in [0, 0.1) is 5.82 Å². The molecule has 0 unspecified atom stereocenters. The molecule has 0 atom stereocenters. The molecule has 2 N–H and O–H groups in total. The number of benzene rings is 3. The molecule has 4 rings (SSSR count). The molecule has 0 spiro atoms. The van der Waals surface area contributed by atoms with Gasteiger partial charge in [0, 0.05) is 10.8 Å². The van der Waals surface area contributed by atoms with Gasteiger partial charge >= 0.3 is 5.97 Å². The van der Waals surface area contributed by atoms with Crippen molar-refractivity contribution in [2.24, 2.45) is 0 Å². The number of halogens is 1. The van der Waals surface area contributed by atoms with Crippen molar-refractivity contribution in [3.05, 3.63) is 65.0 Å². The van der Waals surface area contributed by atoms with Crippen molar-refractivity contribution < 1.29 is 33.7 Å². The molecule has 2 amide bonds. The van der Waals surface area contributed by atoms with Crippen LogP contribution in [0.15, 0.2) is 42.5 Å². The van der Waals surface area contributed by atoms with E-state index in [4.69, 9.17) is 9.84 Å². The summed E-state index contributed by atoms with van der Waals surface area (Å²) in [7, 11) is 0. The first-order valence-electron chi connectivity index (χ1n) is 9.54. The Labute approximate surface area is 176 Å². The second kappa shape index (κ2) is 7.39. The first-order chi connectivity index (χ1) is 14.7.